The molecular weight excluding hydrogens is 483 g/mol. The summed E-state index contributed by atoms with van der Waals surface area (Å²) >= 11 is 0. The Morgan fingerprint density at radius 3 is 2.50 bits per heavy atom. The van der Waals surface area contributed by atoms with Crippen molar-refractivity contribution in [3.05, 3.63) is 111 Å². The molecule has 0 bridgehead atoms. The molecule has 0 unspecified atom stereocenters. The zero-order chi connectivity index (χ0) is 26.9. The maximum absolute atomic E-state index is 13.7. The molecular formula is C29H31FN6O2. The molecule has 0 aliphatic rings. The fourth-order valence-electron chi connectivity index (χ4n) is 4.70. The number of aromatic amines is 1. The van der Waals surface area contributed by atoms with Gasteiger partial charge >= 0.3 is 0 Å². The summed E-state index contributed by atoms with van der Waals surface area (Å²) in [5.41, 5.74) is 2.66. The lowest BCUT2D eigenvalue weighted by Gasteiger charge is -2.32. The first kappa shape index (κ1) is 25.5. The Hall–Kier alpha value is -4.11. The number of nitrogens with one attached hydrogen (secondary N) is 1. The van der Waals surface area contributed by atoms with E-state index in [2.05, 4.69) is 38.4 Å². The van der Waals surface area contributed by atoms with Crippen LogP contribution in [0, 0.1) is 5.82 Å². The van der Waals surface area contributed by atoms with Gasteiger partial charge in [0, 0.05) is 17.6 Å². The highest BCUT2D eigenvalue weighted by atomic mass is 19.1. The predicted octanol–water partition coefficient (Wildman–Crippen LogP) is 5.36. The topological polar surface area (TPSA) is 92.8 Å². The number of fused-ring (bicyclic) bond motifs is 1. The molecule has 5 aromatic rings. The summed E-state index contributed by atoms with van der Waals surface area (Å²) in [6.07, 6.45) is 2.50. The molecule has 0 radical (unpaired) electrons. The number of H-pyrrole nitrogens is 1. The van der Waals surface area contributed by atoms with Crippen molar-refractivity contribution < 1.29 is 8.81 Å². The van der Waals surface area contributed by atoms with E-state index in [4.69, 9.17) is 4.42 Å². The number of furan rings is 1. The van der Waals surface area contributed by atoms with Crippen LogP contribution >= 0.6 is 0 Å². The van der Waals surface area contributed by atoms with E-state index in [1.165, 1.54) is 17.7 Å². The van der Waals surface area contributed by atoms with Crippen molar-refractivity contribution in [2.45, 2.75) is 58.8 Å². The SMILES string of the molecule is CCc1ccc2[nH]c(=O)c([C@@H](c3nnnn3C(C)(C)C)N(Cc3ccc(F)cc3)Cc3ccco3)cc2c1. The average molecular weight is 515 g/mol. The van der Waals surface area contributed by atoms with Crippen LogP contribution in [0.3, 0.4) is 0 Å². The lowest BCUT2D eigenvalue weighted by molar-refractivity contribution is 0.171. The van der Waals surface area contributed by atoms with Crippen LogP contribution in [0.4, 0.5) is 4.39 Å². The number of aryl methyl sites for hydroxylation is 1. The summed E-state index contributed by atoms with van der Waals surface area (Å²) in [5, 5.41) is 13.7. The highest BCUT2D eigenvalue weighted by Gasteiger charge is 2.34. The van der Waals surface area contributed by atoms with Crippen LogP contribution in [0.2, 0.25) is 0 Å². The molecule has 1 N–H and O–H groups in total. The maximum atomic E-state index is 13.7. The van der Waals surface area contributed by atoms with Gasteiger partial charge in [0.25, 0.3) is 5.56 Å². The van der Waals surface area contributed by atoms with E-state index in [1.54, 1.807) is 23.1 Å². The number of nitrogens with zero attached hydrogens (tertiary/aromatic N) is 5. The van der Waals surface area contributed by atoms with Crippen LogP contribution in [-0.4, -0.2) is 30.1 Å². The number of aromatic nitrogens is 5. The summed E-state index contributed by atoms with van der Waals surface area (Å²) in [6, 6.07) is 17.4. The minimum Gasteiger partial charge on any atom is -0.468 e. The molecule has 0 saturated carbocycles. The van der Waals surface area contributed by atoms with E-state index in [0.717, 1.165) is 28.6 Å². The Morgan fingerprint density at radius 2 is 1.82 bits per heavy atom. The predicted molar refractivity (Wildman–Crippen MR) is 143 cm³/mol. The monoisotopic (exact) mass is 514 g/mol. The van der Waals surface area contributed by atoms with Gasteiger partial charge in [-0.05, 0) is 96.6 Å². The van der Waals surface area contributed by atoms with E-state index in [0.29, 0.717) is 24.5 Å². The summed E-state index contributed by atoms with van der Waals surface area (Å²) < 4.78 is 21.2. The normalized spacial score (nSPS) is 12.9. The van der Waals surface area contributed by atoms with E-state index >= 15 is 0 Å². The zero-order valence-electron chi connectivity index (χ0n) is 22.0. The lowest BCUT2D eigenvalue weighted by atomic mass is 10.00. The Labute approximate surface area is 220 Å². The minimum atomic E-state index is -0.627. The van der Waals surface area contributed by atoms with E-state index in [9.17, 15) is 9.18 Å². The Bertz CT molecular complexity index is 1580. The van der Waals surface area contributed by atoms with Gasteiger partial charge in [-0.1, -0.05) is 25.1 Å². The molecule has 3 aromatic heterocycles. The van der Waals surface area contributed by atoms with Crippen molar-refractivity contribution in [2.24, 2.45) is 0 Å². The quantitative estimate of drug-likeness (QED) is 0.300. The molecule has 3 heterocycles. The van der Waals surface area contributed by atoms with Gasteiger partial charge in [0.2, 0.25) is 0 Å². The largest absolute Gasteiger partial charge is 0.468 e. The molecule has 1 atom stereocenters. The van der Waals surface area contributed by atoms with E-state index in [1.807, 2.05) is 51.1 Å². The third-order valence-electron chi connectivity index (χ3n) is 6.62. The van der Waals surface area contributed by atoms with Gasteiger partial charge in [0.1, 0.15) is 17.6 Å². The van der Waals surface area contributed by atoms with Crippen LogP contribution in [0.5, 0.6) is 0 Å². The number of tetrazole rings is 1. The summed E-state index contributed by atoms with van der Waals surface area (Å²) in [6.45, 7) is 8.91. The van der Waals surface area contributed by atoms with Gasteiger partial charge in [-0.15, -0.1) is 5.10 Å². The highest BCUT2D eigenvalue weighted by Crippen LogP contribution is 2.32. The molecule has 0 spiro atoms. The number of pyridine rings is 1. The fourth-order valence-corrected chi connectivity index (χ4v) is 4.70. The summed E-state index contributed by atoms with van der Waals surface area (Å²) in [4.78, 5) is 18.8. The second kappa shape index (κ2) is 10.3. The fraction of sp³-hybridized carbons (Fsp3) is 0.310. The Balaban J connectivity index is 1.72. The summed E-state index contributed by atoms with van der Waals surface area (Å²) in [7, 11) is 0. The van der Waals surface area contributed by atoms with Gasteiger partial charge in [-0.25, -0.2) is 9.07 Å². The first-order chi connectivity index (χ1) is 18.2. The molecule has 0 aliphatic carbocycles. The summed E-state index contributed by atoms with van der Waals surface area (Å²) in [5.74, 6) is 0.942. The van der Waals surface area contributed by atoms with Crippen molar-refractivity contribution in [1.29, 1.82) is 0 Å². The third kappa shape index (κ3) is 5.28. The van der Waals surface area contributed by atoms with Gasteiger partial charge in [0.05, 0.1) is 18.3 Å². The van der Waals surface area contributed by atoms with Gasteiger partial charge in [-0.2, -0.15) is 0 Å². The Morgan fingerprint density at radius 1 is 1.05 bits per heavy atom. The number of halogens is 1. The average Bonchev–Trinajstić information content (AvgIpc) is 3.58. The van der Waals surface area contributed by atoms with Crippen LogP contribution in [0.15, 0.2) is 76.1 Å². The molecule has 0 amide bonds. The first-order valence-corrected chi connectivity index (χ1v) is 12.7. The standard InChI is InChI=1S/C29H31FN6O2/c1-5-19-10-13-25-21(15-19)16-24(28(37)31-25)26(27-32-33-34-36(27)29(2,3)4)35(18-23-7-6-14-38-23)17-20-8-11-22(30)12-9-20/h6-16,26H,5,17-18H2,1-4H3,(H,31,37)/t26-/m0/s1. The molecule has 0 aliphatic heterocycles. The molecule has 38 heavy (non-hydrogen) atoms. The van der Waals surface area contributed by atoms with Crippen molar-refractivity contribution in [1.82, 2.24) is 30.1 Å². The Kier molecular flexibility index (Phi) is 6.94. The van der Waals surface area contributed by atoms with Crippen molar-refractivity contribution in [2.75, 3.05) is 0 Å². The third-order valence-corrected chi connectivity index (χ3v) is 6.62. The van der Waals surface area contributed by atoms with Crippen LogP contribution in [0.1, 0.15) is 62.0 Å². The maximum Gasteiger partial charge on any atom is 0.253 e. The number of benzene rings is 2. The van der Waals surface area contributed by atoms with Crippen LogP contribution in [-0.2, 0) is 25.0 Å². The molecule has 5 rings (SSSR count). The zero-order valence-corrected chi connectivity index (χ0v) is 22.0. The molecule has 0 saturated heterocycles. The number of hydrogen-bond acceptors (Lipinski definition) is 6. The lowest BCUT2D eigenvalue weighted by Crippen LogP contribution is -2.37. The molecule has 2 aromatic carbocycles. The van der Waals surface area contributed by atoms with Crippen molar-refractivity contribution in [3.63, 3.8) is 0 Å². The number of rotatable bonds is 8. The van der Waals surface area contributed by atoms with Crippen LogP contribution < -0.4 is 5.56 Å². The van der Waals surface area contributed by atoms with Gasteiger partial charge < -0.3 is 9.40 Å². The second-order valence-electron chi connectivity index (χ2n) is 10.5. The second-order valence-corrected chi connectivity index (χ2v) is 10.5. The molecule has 8 nitrogen and oxygen atoms in total. The van der Waals surface area contributed by atoms with Crippen LogP contribution in [0.25, 0.3) is 10.9 Å². The molecule has 9 heteroatoms. The minimum absolute atomic E-state index is 0.223. The molecule has 0 fully saturated rings. The van der Waals surface area contributed by atoms with Gasteiger partial charge in [-0.3, -0.25) is 9.69 Å². The molecule has 196 valence electrons. The van der Waals surface area contributed by atoms with Gasteiger partial charge in [0.15, 0.2) is 5.82 Å². The van der Waals surface area contributed by atoms with Crippen molar-refractivity contribution >= 4 is 10.9 Å². The van der Waals surface area contributed by atoms with E-state index < -0.39 is 11.6 Å². The first-order valence-electron chi connectivity index (χ1n) is 12.7. The van der Waals surface area contributed by atoms with Crippen molar-refractivity contribution in [3.8, 4) is 0 Å². The van der Waals surface area contributed by atoms with E-state index in [-0.39, 0.29) is 11.4 Å². The highest BCUT2D eigenvalue weighted by molar-refractivity contribution is 5.80. The smallest absolute Gasteiger partial charge is 0.253 e. The number of hydrogen-bond donors (Lipinski definition) is 1.